The van der Waals surface area contributed by atoms with E-state index < -0.39 is 0 Å². The van der Waals surface area contributed by atoms with Crippen molar-refractivity contribution in [1.82, 2.24) is 10.3 Å². The first kappa shape index (κ1) is 15.2. The first-order chi connectivity index (χ1) is 8.74. The van der Waals surface area contributed by atoms with Gasteiger partial charge in [0.1, 0.15) is 0 Å². The fourth-order valence-corrected chi connectivity index (χ4v) is 2.09. The molecule has 5 heteroatoms. The molecular weight excluding hydrogens is 228 g/mol. The Labute approximate surface area is 111 Å². The summed E-state index contributed by atoms with van der Waals surface area (Å²) in [6.07, 6.45) is 4.88. The zero-order valence-corrected chi connectivity index (χ0v) is 12.0. The second kappa shape index (κ2) is 8.32. The molecule has 1 aliphatic rings. The van der Waals surface area contributed by atoms with Gasteiger partial charge in [-0.2, -0.15) is 0 Å². The molecule has 1 saturated carbocycles. The smallest absolute Gasteiger partial charge is 0.208 e. The molecule has 1 rings (SSSR count). The van der Waals surface area contributed by atoms with Crippen molar-refractivity contribution >= 4 is 5.96 Å². The summed E-state index contributed by atoms with van der Waals surface area (Å²) in [7, 11) is 1.73. The zero-order valence-electron chi connectivity index (χ0n) is 12.0. The van der Waals surface area contributed by atoms with Gasteiger partial charge >= 0.3 is 0 Å². The molecule has 1 aliphatic carbocycles. The van der Waals surface area contributed by atoms with E-state index in [1.807, 2.05) is 0 Å². The van der Waals surface area contributed by atoms with Crippen molar-refractivity contribution in [2.45, 2.75) is 45.6 Å². The first-order valence-electron chi connectivity index (χ1n) is 7.01. The van der Waals surface area contributed by atoms with Gasteiger partial charge in [-0.15, -0.1) is 0 Å². The van der Waals surface area contributed by atoms with E-state index in [1.54, 1.807) is 7.11 Å². The molecule has 1 fully saturated rings. The van der Waals surface area contributed by atoms with Crippen molar-refractivity contribution in [3.63, 3.8) is 0 Å². The van der Waals surface area contributed by atoms with E-state index in [9.17, 15) is 0 Å². The van der Waals surface area contributed by atoms with Crippen LogP contribution >= 0.6 is 0 Å². The summed E-state index contributed by atoms with van der Waals surface area (Å²) in [6.45, 7) is 6.78. The number of unbranched alkanes of at least 4 members (excludes halogenated alkanes) is 1. The SMILES string of the molecule is CCCCN=C(NN)N(CCOC)C(C)C1CC1. The van der Waals surface area contributed by atoms with Gasteiger partial charge in [0.25, 0.3) is 0 Å². The average molecular weight is 256 g/mol. The highest BCUT2D eigenvalue weighted by Crippen LogP contribution is 2.35. The third kappa shape index (κ3) is 4.82. The summed E-state index contributed by atoms with van der Waals surface area (Å²) >= 11 is 0. The van der Waals surface area contributed by atoms with Crippen LogP contribution in [0.15, 0.2) is 4.99 Å². The highest BCUT2D eigenvalue weighted by atomic mass is 16.5. The van der Waals surface area contributed by atoms with Crippen LogP contribution in [0, 0.1) is 5.92 Å². The fourth-order valence-electron chi connectivity index (χ4n) is 2.09. The van der Waals surface area contributed by atoms with Crippen LogP contribution in [0.1, 0.15) is 39.5 Å². The molecule has 0 heterocycles. The quantitative estimate of drug-likeness (QED) is 0.226. The van der Waals surface area contributed by atoms with Gasteiger partial charge in [-0.3, -0.25) is 10.4 Å². The largest absolute Gasteiger partial charge is 0.383 e. The van der Waals surface area contributed by atoms with Crippen molar-refractivity contribution in [3.8, 4) is 0 Å². The summed E-state index contributed by atoms with van der Waals surface area (Å²) in [5.74, 6) is 7.21. The normalized spacial score (nSPS) is 17.7. The first-order valence-corrected chi connectivity index (χ1v) is 7.01. The fraction of sp³-hybridized carbons (Fsp3) is 0.923. The van der Waals surface area contributed by atoms with E-state index in [4.69, 9.17) is 10.6 Å². The topological polar surface area (TPSA) is 62.9 Å². The monoisotopic (exact) mass is 256 g/mol. The summed E-state index contributed by atoms with van der Waals surface area (Å²) in [5.41, 5.74) is 2.75. The van der Waals surface area contributed by atoms with Crippen LogP contribution in [-0.4, -0.2) is 43.7 Å². The molecule has 0 bridgehead atoms. The molecular formula is C13H28N4O. The third-order valence-electron chi connectivity index (χ3n) is 3.51. The number of nitrogens with zero attached hydrogens (tertiary/aromatic N) is 2. The van der Waals surface area contributed by atoms with Crippen LogP contribution in [0.3, 0.4) is 0 Å². The number of nitrogens with one attached hydrogen (secondary N) is 1. The van der Waals surface area contributed by atoms with Crippen LogP contribution in [-0.2, 0) is 4.74 Å². The van der Waals surface area contributed by atoms with Gasteiger partial charge < -0.3 is 9.64 Å². The van der Waals surface area contributed by atoms with Crippen LogP contribution in [0.25, 0.3) is 0 Å². The Kier molecular flexibility index (Phi) is 7.05. The van der Waals surface area contributed by atoms with Crippen LogP contribution in [0.5, 0.6) is 0 Å². The van der Waals surface area contributed by atoms with Gasteiger partial charge in [0.2, 0.25) is 5.96 Å². The predicted octanol–water partition coefficient (Wildman–Crippen LogP) is 1.35. The third-order valence-corrected chi connectivity index (χ3v) is 3.51. The minimum Gasteiger partial charge on any atom is -0.383 e. The lowest BCUT2D eigenvalue weighted by molar-refractivity contribution is 0.157. The van der Waals surface area contributed by atoms with Crippen molar-refractivity contribution < 1.29 is 4.74 Å². The molecule has 5 nitrogen and oxygen atoms in total. The maximum atomic E-state index is 5.62. The molecule has 1 atom stereocenters. The molecule has 18 heavy (non-hydrogen) atoms. The van der Waals surface area contributed by atoms with E-state index >= 15 is 0 Å². The molecule has 3 N–H and O–H groups in total. The van der Waals surface area contributed by atoms with Crippen molar-refractivity contribution in [3.05, 3.63) is 0 Å². The van der Waals surface area contributed by atoms with E-state index in [-0.39, 0.29) is 0 Å². The second-order valence-corrected chi connectivity index (χ2v) is 4.97. The number of aliphatic imine (C=N–C) groups is 1. The molecule has 0 aromatic heterocycles. The number of ether oxygens (including phenoxy) is 1. The standard InChI is InChI=1S/C13H28N4O/c1-4-5-8-15-13(16-14)17(9-10-18-3)11(2)12-6-7-12/h11-12H,4-10,14H2,1-3H3,(H,15,16). The number of nitrogens with two attached hydrogens (primary N) is 1. The van der Waals surface area contributed by atoms with Crippen LogP contribution in [0.4, 0.5) is 0 Å². The van der Waals surface area contributed by atoms with Gasteiger partial charge in [0, 0.05) is 26.2 Å². The lowest BCUT2D eigenvalue weighted by Crippen LogP contribution is -2.50. The molecule has 0 spiro atoms. The predicted molar refractivity (Wildman–Crippen MR) is 75.3 cm³/mol. The van der Waals surface area contributed by atoms with Gasteiger partial charge in [-0.05, 0) is 32.1 Å². The molecule has 1 unspecified atom stereocenters. The molecule has 0 aromatic rings. The van der Waals surface area contributed by atoms with Gasteiger partial charge in [0.05, 0.1) is 6.61 Å². The number of hydrogen-bond acceptors (Lipinski definition) is 3. The summed E-state index contributed by atoms with van der Waals surface area (Å²) in [6, 6.07) is 0.483. The van der Waals surface area contributed by atoms with Gasteiger partial charge in [-0.1, -0.05) is 13.3 Å². The molecule has 0 aromatic carbocycles. The number of hydrazine groups is 1. The Morgan fingerprint density at radius 1 is 1.56 bits per heavy atom. The molecule has 0 amide bonds. The Hall–Kier alpha value is -0.810. The molecule has 106 valence electrons. The van der Waals surface area contributed by atoms with Crippen LogP contribution in [0.2, 0.25) is 0 Å². The van der Waals surface area contributed by atoms with Gasteiger partial charge in [-0.25, -0.2) is 5.84 Å². The van der Waals surface area contributed by atoms with Gasteiger partial charge in [0.15, 0.2) is 0 Å². The number of rotatable bonds is 8. The van der Waals surface area contributed by atoms with Crippen molar-refractivity contribution in [1.29, 1.82) is 0 Å². The number of guanidine groups is 1. The summed E-state index contributed by atoms with van der Waals surface area (Å²) < 4.78 is 5.18. The maximum Gasteiger partial charge on any atom is 0.208 e. The van der Waals surface area contributed by atoms with E-state index in [1.165, 1.54) is 12.8 Å². The summed E-state index contributed by atoms with van der Waals surface area (Å²) in [5, 5.41) is 0. The Balaban J connectivity index is 2.61. The van der Waals surface area contributed by atoms with E-state index in [0.717, 1.165) is 37.8 Å². The maximum absolute atomic E-state index is 5.62. The average Bonchev–Trinajstić information content (AvgIpc) is 3.21. The van der Waals surface area contributed by atoms with Crippen molar-refractivity contribution in [2.24, 2.45) is 16.8 Å². The Bertz CT molecular complexity index is 253. The lowest BCUT2D eigenvalue weighted by Gasteiger charge is -2.31. The lowest BCUT2D eigenvalue weighted by atomic mass is 10.2. The van der Waals surface area contributed by atoms with Crippen molar-refractivity contribution in [2.75, 3.05) is 26.8 Å². The molecule has 0 aliphatic heterocycles. The number of methoxy groups -OCH3 is 1. The van der Waals surface area contributed by atoms with E-state index in [2.05, 4.69) is 29.2 Å². The Morgan fingerprint density at radius 2 is 2.28 bits per heavy atom. The molecule has 0 radical (unpaired) electrons. The number of hydrogen-bond donors (Lipinski definition) is 2. The Morgan fingerprint density at radius 3 is 2.78 bits per heavy atom. The minimum absolute atomic E-state index is 0.483. The second-order valence-electron chi connectivity index (χ2n) is 4.97. The van der Waals surface area contributed by atoms with Crippen LogP contribution < -0.4 is 11.3 Å². The highest BCUT2D eigenvalue weighted by Gasteiger charge is 2.33. The minimum atomic E-state index is 0.483. The summed E-state index contributed by atoms with van der Waals surface area (Å²) in [4.78, 5) is 6.81. The molecule has 0 saturated heterocycles. The zero-order chi connectivity index (χ0) is 13.4. The van der Waals surface area contributed by atoms with E-state index in [0.29, 0.717) is 12.6 Å². The highest BCUT2D eigenvalue weighted by molar-refractivity contribution is 5.79.